The molecule has 1 aromatic heterocycles. The molecule has 0 amide bonds. The van der Waals surface area contributed by atoms with Crippen LogP contribution in [0.5, 0.6) is 0 Å². The molecule has 170 valence electrons. The minimum absolute atomic E-state index is 0.113. The Bertz CT molecular complexity index is 829. The molecule has 4 rings (SSSR count). The number of thiophene rings is 1. The third-order valence-corrected chi connectivity index (χ3v) is 15.1. The fourth-order valence-electron chi connectivity index (χ4n) is 5.45. The maximum atomic E-state index is 13.9. The monoisotopic (exact) mass is 506 g/mol. The molecule has 3 aliphatic rings. The predicted molar refractivity (Wildman–Crippen MR) is 127 cm³/mol. The standard InChI is InChI=1S/C25H35AsO4S/c1-16-7-9-18(10-8-16)24(28)26(19-11-13-20(27)14-12-19)21-15-22(31-23(21)25(29)30)17-5-3-2-4-6-17/h5,15-16,18-20,27H,2-4,6-14H2,1H3,(H,29,30). The summed E-state index contributed by atoms with van der Waals surface area (Å²) in [6.45, 7) is 2.27. The van der Waals surface area contributed by atoms with E-state index in [1.165, 1.54) is 23.3 Å². The topological polar surface area (TPSA) is 74.6 Å². The summed E-state index contributed by atoms with van der Waals surface area (Å²) >= 11 is -0.858. The molecular formula is C25H35AsO4S. The number of carbonyl (C=O) groups excluding carboxylic acids is 1. The number of hydrogen-bond acceptors (Lipinski definition) is 4. The molecule has 1 aromatic rings. The minimum atomic E-state index is -2.26. The summed E-state index contributed by atoms with van der Waals surface area (Å²) in [5, 5.41) is 20.1. The van der Waals surface area contributed by atoms with Crippen LogP contribution in [-0.4, -0.2) is 41.5 Å². The van der Waals surface area contributed by atoms with Crippen molar-refractivity contribution in [2.45, 2.75) is 94.8 Å². The van der Waals surface area contributed by atoms with E-state index < -0.39 is 20.6 Å². The van der Waals surface area contributed by atoms with E-state index in [4.69, 9.17) is 0 Å². The van der Waals surface area contributed by atoms with Gasteiger partial charge in [-0.1, -0.05) is 0 Å². The zero-order chi connectivity index (χ0) is 22.0. The van der Waals surface area contributed by atoms with Crippen molar-refractivity contribution in [3.8, 4) is 0 Å². The molecule has 0 bridgehead atoms. The number of carboxylic acids is 1. The van der Waals surface area contributed by atoms with Gasteiger partial charge >= 0.3 is 195 Å². The molecule has 4 nitrogen and oxygen atoms in total. The Balaban J connectivity index is 1.70. The second-order valence-electron chi connectivity index (χ2n) is 9.73. The average Bonchev–Trinajstić information content (AvgIpc) is 3.22. The van der Waals surface area contributed by atoms with Gasteiger partial charge in [-0.2, -0.15) is 0 Å². The van der Waals surface area contributed by atoms with E-state index >= 15 is 0 Å². The van der Waals surface area contributed by atoms with E-state index in [-0.39, 0.29) is 16.7 Å². The van der Waals surface area contributed by atoms with Gasteiger partial charge in [0.05, 0.1) is 0 Å². The van der Waals surface area contributed by atoms with Crippen molar-refractivity contribution in [2.75, 3.05) is 0 Å². The fraction of sp³-hybridized carbons (Fsp3) is 0.680. The van der Waals surface area contributed by atoms with Gasteiger partial charge in [0, 0.05) is 0 Å². The molecule has 2 fully saturated rings. The van der Waals surface area contributed by atoms with Crippen LogP contribution in [-0.2, 0) is 4.79 Å². The van der Waals surface area contributed by atoms with Crippen LogP contribution in [0.1, 0.15) is 98.5 Å². The second kappa shape index (κ2) is 10.4. The Morgan fingerprint density at radius 1 is 1.03 bits per heavy atom. The third-order valence-electron chi connectivity index (χ3n) is 7.41. The van der Waals surface area contributed by atoms with E-state index in [1.54, 1.807) is 0 Å². The quantitative estimate of drug-likeness (QED) is 0.511. The molecule has 2 N–H and O–H groups in total. The van der Waals surface area contributed by atoms with Crippen LogP contribution in [0.2, 0.25) is 4.71 Å². The molecule has 2 saturated carbocycles. The molecule has 3 aliphatic carbocycles. The molecule has 1 atom stereocenters. The van der Waals surface area contributed by atoms with E-state index in [9.17, 15) is 19.8 Å². The van der Waals surface area contributed by atoms with Crippen LogP contribution in [0.15, 0.2) is 12.1 Å². The number of aliphatic hydroxyl groups is 1. The molecule has 1 unspecified atom stereocenters. The molecule has 0 radical (unpaired) electrons. The SMILES string of the molecule is CC1CCC(C(=O)[As](c2cc(C3=CCCCC3)sc2C(=O)O)C2CCC(O)CC2)CC1. The normalized spacial score (nSPS) is 30.5. The Labute approximate surface area is 194 Å². The summed E-state index contributed by atoms with van der Waals surface area (Å²) in [6.07, 6.45) is 13.8. The first-order chi connectivity index (χ1) is 14.9. The summed E-state index contributed by atoms with van der Waals surface area (Å²) in [5.74, 6) is -0.0692. The summed E-state index contributed by atoms with van der Waals surface area (Å²) in [4.78, 5) is 27.7. The van der Waals surface area contributed by atoms with Crippen molar-refractivity contribution in [3.63, 3.8) is 0 Å². The van der Waals surface area contributed by atoms with Crippen molar-refractivity contribution >= 4 is 46.5 Å². The van der Waals surface area contributed by atoms with Gasteiger partial charge in [-0.05, 0) is 0 Å². The van der Waals surface area contributed by atoms with E-state index in [1.807, 2.05) is 0 Å². The van der Waals surface area contributed by atoms with Gasteiger partial charge in [0.2, 0.25) is 0 Å². The second-order valence-corrected chi connectivity index (χ2v) is 15.8. The summed E-state index contributed by atoms with van der Waals surface area (Å²) in [7, 11) is 0. The first kappa shape index (κ1) is 23.3. The van der Waals surface area contributed by atoms with Crippen molar-refractivity contribution in [3.05, 3.63) is 21.9 Å². The van der Waals surface area contributed by atoms with E-state index in [2.05, 4.69) is 19.1 Å². The van der Waals surface area contributed by atoms with Crippen molar-refractivity contribution in [1.29, 1.82) is 0 Å². The Morgan fingerprint density at radius 3 is 2.35 bits per heavy atom. The summed E-state index contributed by atoms with van der Waals surface area (Å²) in [6, 6.07) is 2.11. The third kappa shape index (κ3) is 5.37. The number of allylic oxidation sites excluding steroid dienone is 2. The van der Waals surface area contributed by atoms with Crippen LogP contribution in [0.4, 0.5) is 0 Å². The van der Waals surface area contributed by atoms with Gasteiger partial charge in [-0.3, -0.25) is 0 Å². The number of hydrogen-bond donors (Lipinski definition) is 2. The molecule has 0 spiro atoms. The van der Waals surface area contributed by atoms with Gasteiger partial charge < -0.3 is 0 Å². The fourth-order valence-corrected chi connectivity index (χ4v) is 13.8. The van der Waals surface area contributed by atoms with Crippen LogP contribution in [0.3, 0.4) is 0 Å². The first-order valence-electron chi connectivity index (χ1n) is 12.0. The number of carboxylic acid groups (broad SMARTS) is 1. The maximum absolute atomic E-state index is 13.9. The number of carbonyl (C=O) groups is 2. The molecule has 1 heterocycles. The molecule has 6 heteroatoms. The Hall–Kier alpha value is -0.902. The molecule has 0 saturated heterocycles. The van der Waals surface area contributed by atoms with Crippen molar-refractivity contribution in [2.24, 2.45) is 11.8 Å². The summed E-state index contributed by atoms with van der Waals surface area (Å²) in [5.41, 5.74) is 1.27. The number of rotatable bonds is 6. The van der Waals surface area contributed by atoms with Gasteiger partial charge in [0.15, 0.2) is 0 Å². The van der Waals surface area contributed by atoms with Crippen LogP contribution >= 0.6 is 11.3 Å². The van der Waals surface area contributed by atoms with Crippen molar-refractivity contribution in [1.82, 2.24) is 0 Å². The zero-order valence-electron chi connectivity index (χ0n) is 18.5. The molecule has 0 aliphatic heterocycles. The van der Waals surface area contributed by atoms with Crippen LogP contribution in [0, 0.1) is 11.8 Å². The van der Waals surface area contributed by atoms with E-state index in [0.29, 0.717) is 15.4 Å². The van der Waals surface area contributed by atoms with Gasteiger partial charge in [-0.15, -0.1) is 0 Å². The average molecular weight is 507 g/mol. The van der Waals surface area contributed by atoms with Crippen LogP contribution in [0.25, 0.3) is 5.57 Å². The van der Waals surface area contributed by atoms with E-state index in [0.717, 1.165) is 79.9 Å². The molecular weight excluding hydrogens is 471 g/mol. The van der Waals surface area contributed by atoms with Crippen molar-refractivity contribution < 1.29 is 19.8 Å². The van der Waals surface area contributed by atoms with Gasteiger partial charge in [0.1, 0.15) is 0 Å². The van der Waals surface area contributed by atoms with Gasteiger partial charge in [-0.25, -0.2) is 0 Å². The Morgan fingerprint density at radius 2 is 1.74 bits per heavy atom. The summed E-state index contributed by atoms with van der Waals surface area (Å²) < 4.78 is 1.59. The van der Waals surface area contributed by atoms with Crippen LogP contribution < -0.4 is 4.35 Å². The Kier molecular flexibility index (Phi) is 7.77. The zero-order valence-corrected chi connectivity index (χ0v) is 21.2. The molecule has 0 aromatic carbocycles. The number of aromatic carboxylic acids is 1. The van der Waals surface area contributed by atoms with Gasteiger partial charge in [0.25, 0.3) is 0 Å². The first-order valence-corrected chi connectivity index (χ1v) is 15.8. The molecule has 31 heavy (non-hydrogen) atoms. The predicted octanol–water partition coefficient (Wildman–Crippen LogP) is 5.35. The number of aliphatic hydroxyl groups excluding tert-OH is 1.